The van der Waals surface area contributed by atoms with E-state index in [0.29, 0.717) is 11.1 Å². The third-order valence-electron chi connectivity index (χ3n) is 7.03. The molecule has 0 saturated carbocycles. The Bertz CT molecular complexity index is 1580. The molecule has 36 heavy (non-hydrogen) atoms. The molecule has 0 aromatic heterocycles. The first kappa shape index (κ1) is 23.1. The molecule has 4 aromatic carbocycles. The Morgan fingerprint density at radius 1 is 0.889 bits per heavy atom. The summed E-state index contributed by atoms with van der Waals surface area (Å²) in [4.78, 5) is 27.0. The van der Waals surface area contributed by atoms with Crippen LogP contribution in [0.1, 0.15) is 30.0 Å². The maximum absolute atomic E-state index is 13.7. The predicted octanol–water partition coefficient (Wildman–Crippen LogP) is 5.16. The maximum Gasteiger partial charge on any atom is 0.329 e. The van der Waals surface area contributed by atoms with Crippen LogP contribution in [0.2, 0.25) is 0 Å². The number of piperidine rings is 1. The molecule has 1 aliphatic heterocycles. The Morgan fingerprint density at radius 2 is 1.44 bits per heavy atom. The summed E-state index contributed by atoms with van der Waals surface area (Å²) in [6, 6.07) is 29.8. The van der Waals surface area contributed by atoms with Crippen molar-refractivity contribution in [2.24, 2.45) is 11.3 Å². The summed E-state index contributed by atoms with van der Waals surface area (Å²) in [5.74, 6) is -3.58. The average molecular weight is 474 g/mol. The van der Waals surface area contributed by atoms with Crippen molar-refractivity contribution in [1.29, 1.82) is 10.5 Å². The number of nitrogens with zero attached hydrogens (tertiary/aromatic N) is 2. The summed E-state index contributed by atoms with van der Waals surface area (Å²) in [6.45, 7) is 1.73. The standard InChI is InChI=1S/C30H23N3O3/c1-2-36-29(35)30(18-32)26(23-13-11-19-7-3-5-9-21(19)15-23)25(17-31)28(34)33-27(30)24-14-12-20-8-4-6-10-22(20)16-24/h3-16,25-27H,2H2,1H3,(H,33,34)/t25-,26-,27-,30+/m1/s1. The SMILES string of the molecule is CCOC(=O)[C@]1(C#N)[C@@H](c2ccc3ccccc3c2)NC(=O)[C@H](C#N)[C@H]1c1ccc2ccccc2c1. The van der Waals surface area contributed by atoms with Gasteiger partial charge >= 0.3 is 5.97 Å². The van der Waals surface area contributed by atoms with E-state index in [1.165, 1.54) is 0 Å². The molecule has 1 amide bonds. The highest BCUT2D eigenvalue weighted by molar-refractivity contribution is 5.93. The van der Waals surface area contributed by atoms with Gasteiger partial charge in [0.25, 0.3) is 0 Å². The number of hydrogen-bond acceptors (Lipinski definition) is 5. The van der Waals surface area contributed by atoms with E-state index >= 15 is 0 Å². The fraction of sp³-hybridized carbons (Fsp3) is 0.200. The van der Waals surface area contributed by atoms with Gasteiger partial charge in [-0.05, 0) is 45.7 Å². The van der Waals surface area contributed by atoms with Crippen molar-refractivity contribution >= 4 is 33.4 Å². The Balaban J connectivity index is 1.77. The average Bonchev–Trinajstić information content (AvgIpc) is 2.92. The van der Waals surface area contributed by atoms with Crippen LogP contribution in [0.4, 0.5) is 0 Å². The quantitative estimate of drug-likeness (QED) is 0.412. The third-order valence-corrected chi connectivity index (χ3v) is 7.03. The van der Waals surface area contributed by atoms with E-state index in [0.717, 1.165) is 21.5 Å². The maximum atomic E-state index is 13.7. The molecule has 1 heterocycles. The van der Waals surface area contributed by atoms with Gasteiger partial charge in [-0.25, -0.2) is 0 Å². The third kappa shape index (κ3) is 3.56. The summed E-state index contributed by atoms with van der Waals surface area (Å²) < 4.78 is 5.46. The predicted molar refractivity (Wildman–Crippen MR) is 135 cm³/mol. The Labute approximate surface area is 208 Å². The van der Waals surface area contributed by atoms with E-state index in [9.17, 15) is 20.1 Å². The van der Waals surface area contributed by atoms with E-state index in [2.05, 4.69) is 17.5 Å². The number of esters is 1. The fourth-order valence-corrected chi connectivity index (χ4v) is 5.34. The molecule has 0 unspecified atom stereocenters. The van der Waals surface area contributed by atoms with Crippen molar-refractivity contribution in [2.75, 3.05) is 6.61 Å². The lowest BCUT2D eigenvalue weighted by Gasteiger charge is -2.45. The first-order valence-corrected chi connectivity index (χ1v) is 11.8. The topological polar surface area (TPSA) is 103 Å². The van der Waals surface area contributed by atoms with E-state index in [4.69, 9.17) is 4.74 Å². The molecule has 0 bridgehead atoms. The van der Waals surface area contributed by atoms with Crippen molar-refractivity contribution in [2.45, 2.75) is 18.9 Å². The van der Waals surface area contributed by atoms with E-state index < -0.39 is 35.2 Å². The highest BCUT2D eigenvalue weighted by atomic mass is 16.5. The van der Waals surface area contributed by atoms with E-state index in [-0.39, 0.29) is 6.61 Å². The lowest BCUT2D eigenvalue weighted by molar-refractivity contribution is -0.159. The smallest absolute Gasteiger partial charge is 0.329 e. The normalized spacial score (nSPS) is 23.4. The largest absolute Gasteiger partial charge is 0.465 e. The number of nitrogens with one attached hydrogen (secondary N) is 1. The van der Waals surface area contributed by atoms with Crippen molar-refractivity contribution in [3.8, 4) is 12.1 Å². The second-order valence-electron chi connectivity index (χ2n) is 8.94. The van der Waals surface area contributed by atoms with Crippen LogP contribution >= 0.6 is 0 Å². The number of fused-ring (bicyclic) bond motifs is 2. The van der Waals surface area contributed by atoms with Crippen LogP contribution in [0.15, 0.2) is 84.9 Å². The summed E-state index contributed by atoms with van der Waals surface area (Å²) in [6.07, 6.45) is 0. The number of carbonyl (C=O) groups excluding carboxylic acids is 2. The van der Waals surface area contributed by atoms with Gasteiger partial charge in [-0.1, -0.05) is 78.9 Å². The Morgan fingerprint density at radius 3 is 2.00 bits per heavy atom. The van der Waals surface area contributed by atoms with E-state index in [1.54, 1.807) is 13.0 Å². The summed E-state index contributed by atoms with van der Waals surface area (Å²) in [5, 5.41) is 27.4. The molecule has 0 aliphatic carbocycles. The van der Waals surface area contributed by atoms with Crippen molar-refractivity contribution < 1.29 is 14.3 Å². The number of benzene rings is 4. The van der Waals surface area contributed by atoms with Gasteiger partial charge < -0.3 is 10.1 Å². The van der Waals surface area contributed by atoms with Gasteiger partial charge in [0.15, 0.2) is 5.41 Å². The van der Waals surface area contributed by atoms with Crippen molar-refractivity contribution in [1.82, 2.24) is 5.32 Å². The minimum atomic E-state index is -1.87. The number of rotatable bonds is 4. The lowest BCUT2D eigenvalue weighted by Crippen LogP contribution is -2.58. The molecular weight excluding hydrogens is 450 g/mol. The van der Waals surface area contributed by atoms with Gasteiger partial charge in [-0.3, -0.25) is 9.59 Å². The van der Waals surface area contributed by atoms with Gasteiger partial charge in [0.2, 0.25) is 5.91 Å². The van der Waals surface area contributed by atoms with Crippen molar-refractivity contribution in [3.05, 3.63) is 96.1 Å². The van der Waals surface area contributed by atoms with Gasteiger partial charge in [0.05, 0.1) is 24.8 Å². The number of hydrogen-bond donors (Lipinski definition) is 1. The summed E-state index contributed by atoms with van der Waals surface area (Å²) in [7, 11) is 0. The zero-order valence-electron chi connectivity index (χ0n) is 19.6. The second-order valence-corrected chi connectivity index (χ2v) is 8.94. The Kier molecular flexibility index (Phi) is 5.88. The molecule has 4 atom stereocenters. The van der Waals surface area contributed by atoms with Crippen LogP contribution in [0.25, 0.3) is 21.5 Å². The number of carbonyl (C=O) groups is 2. The molecule has 176 valence electrons. The highest BCUT2D eigenvalue weighted by Crippen LogP contribution is 2.53. The molecule has 6 nitrogen and oxygen atoms in total. The van der Waals surface area contributed by atoms with Gasteiger partial charge in [0, 0.05) is 5.92 Å². The summed E-state index contributed by atoms with van der Waals surface area (Å²) in [5.41, 5.74) is -0.704. The minimum Gasteiger partial charge on any atom is -0.465 e. The lowest BCUT2D eigenvalue weighted by atomic mass is 9.59. The molecule has 4 aromatic rings. The zero-order chi connectivity index (χ0) is 25.3. The molecule has 1 N–H and O–H groups in total. The molecule has 1 aliphatic rings. The van der Waals surface area contributed by atoms with Crippen LogP contribution in [0, 0.1) is 34.0 Å². The molecule has 0 spiro atoms. The van der Waals surface area contributed by atoms with Crippen LogP contribution < -0.4 is 5.32 Å². The van der Waals surface area contributed by atoms with Crippen LogP contribution in [0.5, 0.6) is 0 Å². The van der Waals surface area contributed by atoms with Gasteiger partial charge in [-0.2, -0.15) is 10.5 Å². The molecule has 1 fully saturated rings. The minimum absolute atomic E-state index is 0.0578. The molecular formula is C30H23N3O3. The number of nitriles is 2. The number of ether oxygens (including phenoxy) is 1. The molecule has 1 saturated heterocycles. The van der Waals surface area contributed by atoms with Gasteiger partial charge in [-0.15, -0.1) is 0 Å². The zero-order valence-corrected chi connectivity index (χ0v) is 19.6. The first-order valence-electron chi connectivity index (χ1n) is 11.8. The van der Waals surface area contributed by atoms with Gasteiger partial charge in [0.1, 0.15) is 5.92 Å². The highest BCUT2D eigenvalue weighted by Gasteiger charge is 2.62. The molecule has 0 radical (unpaired) electrons. The van der Waals surface area contributed by atoms with Crippen LogP contribution in [-0.2, 0) is 14.3 Å². The first-order chi connectivity index (χ1) is 17.5. The fourth-order valence-electron chi connectivity index (χ4n) is 5.34. The Hall–Kier alpha value is -4.68. The van der Waals surface area contributed by atoms with Crippen LogP contribution in [-0.4, -0.2) is 18.5 Å². The number of amides is 1. The van der Waals surface area contributed by atoms with Crippen molar-refractivity contribution in [3.63, 3.8) is 0 Å². The molecule has 6 heteroatoms. The molecule has 5 rings (SSSR count). The second kappa shape index (κ2) is 9.17. The summed E-state index contributed by atoms with van der Waals surface area (Å²) >= 11 is 0. The van der Waals surface area contributed by atoms with Crippen LogP contribution in [0.3, 0.4) is 0 Å². The van der Waals surface area contributed by atoms with E-state index in [1.807, 2.05) is 78.9 Å². The monoisotopic (exact) mass is 473 g/mol.